The topological polar surface area (TPSA) is 96.7 Å². The number of rotatable bonds is 2. The summed E-state index contributed by atoms with van der Waals surface area (Å²) in [6.07, 6.45) is 7.29. The molecule has 6 nitrogen and oxygen atoms in total. The monoisotopic (exact) mass is 339 g/mol. The minimum atomic E-state index is -0.0823. The smallest absolute Gasteiger partial charge is 0.271 e. The summed E-state index contributed by atoms with van der Waals surface area (Å²) in [7, 11) is 1.85. The Hall–Kier alpha value is -2.65. The predicted molar refractivity (Wildman–Crippen MR) is 96.8 cm³/mol. The van der Waals surface area contributed by atoms with Crippen LogP contribution in [0.5, 0.6) is 0 Å². The zero-order valence-corrected chi connectivity index (χ0v) is 14.8. The second kappa shape index (κ2) is 9.00. The molecule has 6 heteroatoms. The van der Waals surface area contributed by atoms with E-state index in [1.54, 1.807) is 23.2 Å². The third-order valence-corrected chi connectivity index (χ3v) is 4.19. The van der Waals surface area contributed by atoms with Gasteiger partial charge >= 0.3 is 0 Å². The highest BCUT2D eigenvalue weighted by Crippen LogP contribution is 2.17. The first-order valence-electron chi connectivity index (χ1n) is 8.49. The van der Waals surface area contributed by atoms with Crippen LogP contribution in [-0.4, -0.2) is 27.5 Å². The summed E-state index contributed by atoms with van der Waals surface area (Å²) in [6, 6.07) is 10.2. The van der Waals surface area contributed by atoms with Crippen molar-refractivity contribution in [3.05, 3.63) is 53.6 Å². The maximum Gasteiger partial charge on any atom is 0.271 e. The van der Waals surface area contributed by atoms with Crippen molar-refractivity contribution in [3.8, 4) is 6.07 Å². The van der Waals surface area contributed by atoms with Gasteiger partial charge in [0.1, 0.15) is 5.69 Å². The van der Waals surface area contributed by atoms with Crippen molar-refractivity contribution in [2.75, 3.05) is 0 Å². The van der Waals surface area contributed by atoms with Gasteiger partial charge in [-0.15, -0.1) is 0 Å². The number of carbonyl (C=O) groups excluding carboxylic acids is 1. The Morgan fingerprint density at radius 2 is 2.08 bits per heavy atom. The molecule has 1 aromatic heterocycles. The molecule has 25 heavy (non-hydrogen) atoms. The van der Waals surface area contributed by atoms with Gasteiger partial charge in [-0.1, -0.05) is 12.1 Å². The Bertz CT molecular complexity index is 738. The zero-order valence-electron chi connectivity index (χ0n) is 14.8. The molecule has 1 heterocycles. The van der Waals surface area contributed by atoms with E-state index in [0.29, 0.717) is 11.7 Å². The SMILES string of the molecule is Cc1cccc(C#N)c1.Cn1cnc(C(=O)NC2CCC(N)CC2)c1. The fourth-order valence-corrected chi connectivity index (χ4v) is 2.77. The molecule has 0 radical (unpaired) electrons. The predicted octanol–water partition coefficient (Wildman–Crippen LogP) is 2.29. The van der Waals surface area contributed by atoms with Crippen LogP contribution in [0.1, 0.15) is 47.3 Å². The number of amides is 1. The van der Waals surface area contributed by atoms with E-state index in [2.05, 4.69) is 16.4 Å². The lowest BCUT2D eigenvalue weighted by Crippen LogP contribution is -2.40. The third kappa shape index (κ3) is 6.05. The number of nitriles is 1. The molecule has 132 valence electrons. The first-order chi connectivity index (χ1) is 12.0. The lowest BCUT2D eigenvalue weighted by atomic mass is 9.92. The molecule has 1 fully saturated rings. The molecule has 1 aliphatic carbocycles. The second-order valence-electron chi connectivity index (χ2n) is 6.49. The molecular weight excluding hydrogens is 314 g/mol. The number of benzene rings is 1. The van der Waals surface area contributed by atoms with E-state index >= 15 is 0 Å². The number of carbonyl (C=O) groups is 1. The van der Waals surface area contributed by atoms with E-state index in [9.17, 15) is 4.79 Å². The number of hydrogen-bond acceptors (Lipinski definition) is 4. The molecule has 1 saturated carbocycles. The van der Waals surface area contributed by atoms with Crippen LogP contribution in [0, 0.1) is 18.3 Å². The van der Waals surface area contributed by atoms with Crippen LogP contribution in [0.4, 0.5) is 0 Å². The number of aromatic nitrogens is 2. The highest BCUT2D eigenvalue weighted by Gasteiger charge is 2.21. The molecule has 3 rings (SSSR count). The van der Waals surface area contributed by atoms with Gasteiger partial charge in [-0.05, 0) is 50.3 Å². The number of nitrogens with two attached hydrogens (primary N) is 1. The van der Waals surface area contributed by atoms with Crippen molar-refractivity contribution in [3.63, 3.8) is 0 Å². The number of hydrogen-bond donors (Lipinski definition) is 2. The molecule has 0 unspecified atom stereocenters. The Balaban J connectivity index is 0.000000212. The average molecular weight is 339 g/mol. The maximum absolute atomic E-state index is 11.8. The van der Waals surface area contributed by atoms with Gasteiger partial charge in [0, 0.05) is 25.3 Å². The summed E-state index contributed by atoms with van der Waals surface area (Å²) in [5, 5.41) is 11.4. The summed E-state index contributed by atoms with van der Waals surface area (Å²) < 4.78 is 1.77. The molecular formula is C19H25N5O. The van der Waals surface area contributed by atoms with Crippen LogP contribution in [0.2, 0.25) is 0 Å². The maximum atomic E-state index is 11.8. The summed E-state index contributed by atoms with van der Waals surface area (Å²) in [6.45, 7) is 1.97. The van der Waals surface area contributed by atoms with Gasteiger partial charge in [-0.3, -0.25) is 4.79 Å². The third-order valence-electron chi connectivity index (χ3n) is 4.19. The summed E-state index contributed by atoms with van der Waals surface area (Å²) >= 11 is 0. The van der Waals surface area contributed by atoms with Crippen LogP contribution in [0.15, 0.2) is 36.8 Å². The quantitative estimate of drug-likeness (QED) is 0.877. The second-order valence-corrected chi connectivity index (χ2v) is 6.49. The van der Waals surface area contributed by atoms with Crippen molar-refractivity contribution < 1.29 is 4.79 Å². The Labute approximate surface area is 148 Å². The van der Waals surface area contributed by atoms with Gasteiger partial charge in [0.2, 0.25) is 0 Å². The minimum absolute atomic E-state index is 0.0823. The molecule has 2 aromatic rings. The first kappa shape index (κ1) is 18.7. The Morgan fingerprint density at radius 3 is 2.60 bits per heavy atom. The molecule has 3 N–H and O–H groups in total. The van der Waals surface area contributed by atoms with E-state index in [-0.39, 0.29) is 11.9 Å². The first-order valence-corrected chi connectivity index (χ1v) is 8.49. The lowest BCUT2D eigenvalue weighted by molar-refractivity contribution is 0.0921. The van der Waals surface area contributed by atoms with E-state index < -0.39 is 0 Å². The zero-order chi connectivity index (χ0) is 18.2. The van der Waals surface area contributed by atoms with Crippen LogP contribution in [0.25, 0.3) is 0 Å². The number of aryl methyl sites for hydroxylation is 2. The van der Waals surface area contributed by atoms with E-state index in [1.165, 1.54) is 0 Å². The van der Waals surface area contributed by atoms with Crippen LogP contribution >= 0.6 is 0 Å². The van der Waals surface area contributed by atoms with Crippen molar-refractivity contribution in [1.29, 1.82) is 5.26 Å². The molecule has 0 bridgehead atoms. The fourth-order valence-electron chi connectivity index (χ4n) is 2.77. The lowest BCUT2D eigenvalue weighted by Gasteiger charge is -2.26. The summed E-state index contributed by atoms with van der Waals surface area (Å²) in [4.78, 5) is 15.8. The average Bonchev–Trinajstić information content (AvgIpc) is 3.04. The molecule has 0 saturated heterocycles. The molecule has 0 atom stereocenters. The normalized spacial score (nSPS) is 19.3. The number of imidazole rings is 1. The van der Waals surface area contributed by atoms with E-state index in [0.717, 1.165) is 36.8 Å². The molecule has 0 aliphatic heterocycles. The number of nitrogens with one attached hydrogen (secondary N) is 1. The van der Waals surface area contributed by atoms with Gasteiger partial charge < -0.3 is 15.6 Å². The van der Waals surface area contributed by atoms with Gasteiger partial charge in [-0.25, -0.2) is 4.98 Å². The highest BCUT2D eigenvalue weighted by molar-refractivity contribution is 5.92. The van der Waals surface area contributed by atoms with Gasteiger partial charge in [-0.2, -0.15) is 5.26 Å². The van der Waals surface area contributed by atoms with Crippen molar-refractivity contribution in [1.82, 2.24) is 14.9 Å². The molecule has 1 aliphatic rings. The molecule has 1 amide bonds. The van der Waals surface area contributed by atoms with E-state index in [4.69, 9.17) is 11.0 Å². The summed E-state index contributed by atoms with van der Waals surface area (Å²) in [5.74, 6) is -0.0823. The highest BCUT2D eigenvalue weighted by atomic mass is 16.2. The van der Waals surface area contributed by atoms with Crippen molar-refractivity contribution in [2.24, 2.45) is 12.8 Å². The van der Waals surface area contributed by atoms with Gasteiger partial charge in [0.25, 0.3) is 5.91 Å². The fraction of sp³-hybridized carbons (Fsp3) is 0.421. The molecule has 0 spiro atoms. The largest absolute Gasteiger partial charge is 0.348 e. The Morgan fingerprint density at radius 1 is 1.36 bits per heavy atom. The van der Waals surface area contributed by atoms with E-state index in [1.807, 2.05) is 32.2 Å². The Kier molecular flexibility index (Phi) is 6.72. The van der Waals surface area contributed by atoms with Gasteiger partial charge in [0.05, 0.1) is 18.0 Å². The summed E-state index contributed by atoms with van der Waals surface area (Å²) in [5.41, 5.74) is 8.16. The standard InChI is InChI=1S/C11H18N4O.C8H7N/c1-15-6-10(13-7-15)11(16)14-9-4-2-8(12)3-5-9;1-7-3-2-4-8(5-7)6-9/h6-9H,2-5,12H2,1H3,(H,14,16);2-5H,1H3. The van der Waals surface area contributed by atoms with Gasteiger partial charge in [0.15, 0.2) is 0 Å². The number of nitrogens with zero attached hydrogens (tertiary/aromatic N) is 3. The molecule has 1 aromatic carbocycles. The van der Waals surface area contributed by atoms with Crippen LogP contribution in [0.3, 0.4) is 0 Å². The minimum Gasteiger partial charge on any atom is -0.348 e. The van der Waals surface area contributed by atoms with Crippen molar-refractivity contribution in [2.45, 2.75) is 44.7 Å². The van der Waals surface area contributed by atoms with Crippen LogP contribution < -0.4 is 11.1 Å². The van der Waals surface area contributed by atoms with Crippen molar-refractivity contribution >= 4 is 5.91 Å². The van der Waals surface area contributed by atoms with Crippen LogP contribution in [-0.2, 0) is 7.05 Å².